The largest absolute Gasteiger partial charge is 0.454 e. The van der Waals surface area contributed by atoms with Gasteiger partial charge >= 0.3 is 5.97 Å². The summed E-state index contributed by atoms with van der Waals surface area (Å²) in [4.78, 5) is 35.7. The standard InChI is InChI=1S/C17H17ClN2O5S/c1-10-7-14(20-25-10)19-15(21)8-26-9-16(22)24-11(2)17(23)12-3-5-13(18)6-4-12/h3-7,11H,8-9H2,1-2H3,(H,19,20,21)/t11-/m1/s1. The van der Waals surface area contributed by atoms with Crippen molar-refractivity contribution < 1.29 is 23.6 Å². The number of carbonyl (C=O) groups excluding carboxylic acids is 3. The Hall–Kier alpha value is -2.32. The lowest BCUT2D eigenvalue weighted by atomic mass is 10.1. The van der Waals surface area contributed by atoms with Crippen LogP contribution in [0.1, 0.15) is 23.0 Å². The number of nitrogens with one attached hydrogen (secondary N) is 1. The fourth-order valence-electron chi connectivity index (χ4n) is 1.96. The molecule has 0 radical (unpaired) electrons. The quantitative estimate of drug-likeness (QED) is 0.540. The molecule has 1 atom stereocenters. The molecule has 2 rings (SSSR count). The monoisotopic (exact) mass is 396 g/mol. The van der Waals surface area contributed by atoms with Gasteiger partial charge in [0, 0.05) is 16.7 Å². The molecular weight excluding hydrogens is 380 g/mol. The molecular formula is C17H17ClN2O5S. The van der Waals surface area contributed by atoms with Crippen LogP contribution in [-0.4, -0.2) is 40.4 Å². The van der Waals surface area contributed by atoms with E-state index in [1.54, 1.807) is 37.3 Å². The van der Waals surface area contributed by atoms with Gasteiger partial charge in [-0.2, -0.15) is 0 Å². The predicted molar refractivity (Wildman–Crippen MR) is 98.5 cm³/mol. The summed E-state index contributed by atoms with van der Waals surface area (Å²) >= 11 is 6.85. The molecule has 1 aromatic carbocycles. The maximum absolute atomic E-state index is 12.2. The number of hydrogen-bond donors (Lipinski definition) is 1. The predicted octanol–water partition coefficient (Wildman–Crippen LogP) is 3.12. The third kappa shape index (κ3) is 6.20. The van der Waals surface area contributed by atoms with Gasteiger partial charge in [-0.15, -0.1) is 11.8 Å². The Morgan fingerprint density at radius 2 is 1.96 bits per heavy atom. The fraction of sp³-hybridized carbons (Fsp3) is 0.294. The van der Waals surface area contributed by atoms with Gasteiger partial charge in [0.05, 0.1) is 11.5 Å². The summed E-state index contributed by atoms with van der Waals surface area (Å²) in [6, 6.07) is 7.91. The summed E-state index contributed by atoms with van der Waals surface area (Å²) in [7, 11) is 0. The summed E-state index contributed by atoms with van der Waals surface area (Å²) in [6.07, 6.45) is -0.920. The Morgan fingerprint density at radius 3 is 2.58 bits per heavy atom. The highest BCUT2D eigenvalue weighted by atomic mass is 35.5. The average Bonchev–Trinajstić information content (AvgIpc) is 2.99. The number of amides is 1. The Kier molecular flexibility index (Phi) is 7.23. The first-order valence-electron chi connectivity index (χ1n) is 7.65. The van der Waals surface area contributed by atoms with Crippen LogP contribution >= 0.6 is 23.4 Å². The van der Waals surface area contributed by atoms with Crippen LogP contribution in [0.3, 0.4) is 0 Å². The number of anilines is 1. The molecule has 1 aromatic heterocycles. The lowest BCUT2D eigenvalue weighted by Gasteiger charge is -2.12. The van der Waals surface area contributed by atoms with Crippen molar-refractivity contribution in [3.8, 4) is 0 Å². The molecule has 0 aliphatic carbocycles. The minimum Gasteiger partial charge on any atom is -0.454 e. The van der Waals surface area contributed by atoms with E-state index in [2.05, 4.69) is 10.5 Å². The molecule has 0 fully saturated rings. The zero-order valence-electron chi connectivity index (χ0n) is 14.2. The van der Waals surface area contributed by atoms with Gasteiger partial charge in [0.15, 0.2) is 11.9 Å². The van der Waals surface area contributed by atoms with Crippen LogP contribution in [0.25, 0.3) is 0 Å². The van der Waals surface area contributed by atoms with Crippen LogP contribution < -0.4 is 5.32 Å². The molecule has 1 N–H and O–H groups in total. The number of carbonyl (C=O) groups is 3. The van der Waals surface area contributed by atoms with Crippen molar-refractivity contribution in [2.45, 2.75) is 20.0 Å². The summed E-state index contributed by atoms with van der Waals surface area (Å²) in [5, 5.41) is 6.69. The molecule has 0 aliphatic heterocycles. The summed E-state index contributed by atoms with van der Waals surface area (Å²) in [5.74, 6) is -0.325. The number of aryl methyl sites for hydroxylation is 1. The minimum atomic E-state index is -0.920. The van der Waals surface area contributed by atoms with Crippen molar-refractivity contribution in [2.24, 2.45) is 0 Å². The van der Waals surface area contributed by atoms with Crippen molar-refractivity contribution >= 4 is 46.8 Å². The van der Waals surface area contributed by atoms with E-state index in [-0.39, 0.29) is 23.2 Å². The Balaban J connectivity index is 1.71. The number of Topliss-reactive ketones (excluding diaryl/α,β-unsaturated/α-hetero) is 1. The van der Waals surface area contributed by atoms with Crippen molar-refractivity contribution in [1.82, 2.24) is 5.16 Å². The van der Waals surface area contributed by atoms with E-state index >= 15 is 0 Å². The molecule has 7 nitrogen and oxygen atoms in total. The second-order valence-corrected chi connectivity index (χ2v) is 6.79. The highest BCUT2D eigenvalue weighted by Gasteiger charge is 2.19. The third-order valence-electron chi connectivity index (χ3n) is 3.15. The van der Waals surface area contributed by atoms with Crippen LogP contribution in [0, 0.1) is 6.92 Å². The lowest BCUT2D eigenvalue weighted by Crippen LogP contribution is -2.25. The SMILES string of the molecule is Cc1cc(NC(=O)CSCC(=O)O[C@H](C)C(=O)c2ccc(Cl)cc2)no1. The summed E-state index contributed by atoms with van der Waals surface area (Å²) in [6.45, 7) is 3.21. The Bertz CT molecular complexity index is 791. The van der Waals surface area contributed by atoms with Crippen molar-refractivity contribution in [2.75, 3.05) is 16.8 Å². The van der Waals surface area contributed by atoms with Crippen LogP contribution in [0.2, 0.25) is 5.02 Å². The van der Waals surface area contributed by atoms with Gasteiger partial charge in [-0.1, -0.05) is 16.8 Å². The topological polar surface area (TPSA) is 98.5 Å². The second kappa shape index (κ2) is 9.40. The van der Waals surface area contributed by atoms with Gasteiger partial charge in [0.2, 0.25) is 11.7 Å². The van der Waals surface area contributed by atoms with Crippen molar-refractivity contribution in [1.29, 1.82) is 0 Å². The van der Waals surface area contributed by atoms with Crippen molar-refractivity contribution in [3.63, 3.8) is 0 Å². The molecule has 1 heterocycles. The van der Waals surface area contributed by atoms with Crippen LogP contribution in [0.15, 0.2) is 34.9 Å². The lowest BCUT2D eigenvalue weighted by molar-refractivity contribution is -0.143. The fourth-order valence-corrected chi connectivity index (χ4v) is 2.69. The van der Waals surface area contributed by atoms with E-state index in [1.807, 2.05) is 0 Å². The molecule has 0 saturated carbocycles. The van der Waals surface area contributed by atoms with E-state index in [9.17, 15) is 14.4 Å². The smallest absolute Gasteiger partial charge is 0.316 e. The number of ketones is 1. The number of nitrogens with zero attached hydrogens (tertiary/aromatic N) is 1. The summed E-state index contributed by atoms with van der Waals surface area (Å²) < 4.78 is 9.93. The molecule has 0 aliphatic rings. The number of hydrogen-bond acceptors (Lipinski definition) is 7. The molecule has 2 aromatic rings. The first kappa shape index (κ1) is 20.0. The number of benzene rings is 1. The van der Waals surface area contributed by atoms with E-state index in [0.29, 0.717) is 22.2 Å². The van der Waals surface area contributed by atoms with E-state index < -0.39 is 12.1 Å². The second-order valence-electron chi connectivity index (χ2n) is 5.37. The molecule has 0 saturated heterocycles. The highest BCUT2D eigenvalue weighted by Crippen LogP contribution is 2.13. The number of esters is 1. The van der Waals surface area contributed by atoms with Crippen molar-refractivity contribution in [3.05, 3.63) is 46.7 Å². The summed E-state index contributed by atoms with van der Waals surface area (Å²) in [5.41, 5.74) is 0.407. The van der Waals surface area contributed by atoms with Gasteiger partial charge < -0.3 is 14.6 Å². The first-order valence-corrected chi connectivity index (χ1v) is 9.18. The first-order chi connectivity index (χ1) is 12.3. The van der Waals surface area contributed by atoms with Crippen LogP contribution in [0.5, 0.6) is 0 Å². The average molecular weight is 397 g/mol. The highest BCUT2D eigenvalue weighted by molar-refractivity contribution is 8.00. The molecule has 0 spiro atoms. The van der Waals surface area contributed by atoms with Gasteiger partial charge in [-0.25, -0.2) is 0 Å². The number of halogens is 1. The van der Waals surface area contributed by atoms with Gasteiger partial charge in [-0.3, -0.25) is 14.4 Å². The molecule has 0 unspecified atom stereocenters. The van der Waals surface area contributed by atoms with E-state index in [4.69, 9.17) is 20.9 Å². The zero-order chi connectivity index (χ0) is 19.1. The number of aromatic nitrogens is 1. The van der Waals surface area contributed by atoms with Gasteiger partial charge in [-0.05, 0) is 38.1 Å². The molecule has 26 heavy (non-hydrogen) atoms. The molecule has 138 valence electrons. The maximum Gasteiger partial charge on any atom is 0.316 e. The van der Waals surface area contributed by atoms with Crippen LogP contribution in [-0.2, 0) is 14.3 Å². The zero-order valence-corrected chi connectivity index (χ0v) is 15.7. The third-order valence-corrected chi connectivity index (χ3v) is 4.31. The Morgan fingerprint density at radius 1 is 1.27 bits per heavy atom. The number of ether oxygens (including phenoxy) is 1. The van der Waals surface area contributed by atoms with Gasteiger partial charge in [0.1, 0.15) is 5.76 Å². The number of rotatable bonds is 8. The van der Waals surface area contributed by atoms with E-state index in [1.165, 1.54) is 6.92 Å². The molecule has 1 amide bonds. The minimum absolute atomic E-state index is 0.0422. The maximum atomic E-state index is 12.2. The van der Waals surface area contributed by atoms with Gasteiger partial charge in [0.25, 0.3) is 0 Å². The van der Waals surface area contributed by atoms with Crippen LogP contribution in [0.4, 0.5) is 5.82 Å². The molecule has 0 bridgehead atoms. The Labute approximate surface area is 159 Å². The normalized spacial score (nSPS) is 11.7. The number of thioether (sulfide) groups is 1. The van der Waals surface area contributed by atoms with E-state index in [0.717, 1.165) is 11.8 Å². The molecule has 9 heteroatoms.